The van der Waals surface area contributed by atoms with E-state index in [2.05, 4.69) is 67.4 Å². The van der Waals surface area contributed by atoms with E-state index in [-0.39, 0.29) is 6.61 Å². The van der Waals surface area contributed by atoms with Crippen molar-refractivity contribution in [3.63, 3.8) is 0 Å². The fraction of sp³-hybridized carbons (Fsp3) is 1.00. The molecule has 3 N–H and O–H groups in total. The largest absolute Gasteiger partial charge is 0.395 e. The highest BCUT2D eigenvalue weighted by Crippen LogP contribution is 2.61. The molecule has 0 aromatic heterocycles. The molecule has 0 aromatic rings. The average molecular weight is 368 g/mol. The molecule has 0 spiro atoms. The Bertz CT molecular complexity index is 163. The first-order valence-electron chi connectivity index (χ1n) is 2.60. The van der Waals surface area contributed by atoms with E-state index in [1.807, 2.05) is 0 Å². The Morgan fingerprint density at radius 2 is 1.00 bits per heavy atom. The number of nitrogens with two attached hydrogens (primary N) is 1. The quantitative estimate of drug-likeness (QED) is 0.666. The molecule has 0 fully saturated rings. The van der Waals surface area contributed by atoms with Gasteiger partial charge in [-0.3, -0.25) is 9.13 Å². The van der Waals surface area contributed by atoms with Crippen LogP contribution in [0.4, 0.5) is 0 Å². The van der Waals surface area contributed by atoms with Gasteiger partial charge in [0.1, 0.15) is 0 Å². The molecule has 14 heavy (non-hydrogen) atoms. The van der Waals surface area contributed by atoms with Crippen molar-refractivity contribution in [3.8, 4) is 0 Å². The zero-order chi connectivity index (χ0) is 12.4. The summed E-state index contributed by atoms with van der Waals surface area (Å²) in [7, 11) is 0. The van der Waals surface area contributed by atoms with Gasteiger partial charge in [0.2, 0.25) is 0 Å². The minimum Gasteiger partial charge on any atom is -0.395 e. The van der Waals surface area contributed by atoms with Gasteiger partial charge >= 0.3 is 10.4 Å². The maximum Gasteiger partial charge on any atom is 0.339 e. The normalized spacial score (nSPS) is 10.6. The predicted molar refractivity (Wildman–Crippen MR) is 66.5 cm³/mol. The minimum atomic E-state index is -3.22. The van der Waals surface area contributed by atoms with Crippen molar-refractivity contribution in [2.75, 3.05) is 13.2 Å². The highest BCUT2D eigenvalue weighted by molar-refractivity contribution is 8.25. The molecule has 0 unspecified atom stereocenters. The van der Waals surface area contributed by atoms with E-state index in [4.69, 9.17) is 10.8 Å². The van der Waals surface area contributed by atoms with Gasteiger partial charge in [-0.15, -0.1) is 0 Å². The molecule has 0 aliphatic carbocycles. The smallest absolute Gasteiger partial charge is 0.339 e. The van der Waals surface area contributed by atoms with Gasteiger partial charge in [-0.2, -0.15) is 0 Å². The second kappa shape index (κ2) is 11.6. The summed E-state index contributed by atoms with van der Waals surface area (Å²) in [5, 5.41) is 1.31. The number of aliphatic hydroxyl groups is 1. The lowest BCUT2D eigenvalue weighted by molar-refractivity contribution is 0.306. The summed E-state index contributed by atoms with van der Waals surface area (Å²) in [5.74, 6) is 0. The SMILES string of the molecule is NCCO.O=P(Cl)(Cl)Cl.O=P(Cl)(Cl)Cl. The van der Waals surface area contributed by atoms with E-state index in [0.717, 1.165) is 0 Å². The third-order valence-electron chi connectivity index (χ3n) is 0.129. The molecule has 0 saturated carbocycles. The molecule has 0 atom stereocenters. The summed E-state index contributed by atoms with van der Waals surface area (Å²) in [4.78, 5) is 0. The van der Waals surface area contributed by atoms with E-state index in [0.29, 0.717) is 6.54 Å². The van der Waals surface area contributed by atoms with Crippen molar-refractivity contribution < 1.29 is 14.2 Å². The fourth-order valence-corrected chi connectivity index (χ4v) is 0. The lowest BCUT2D eigenvalue weighted by atomic mass is 10.8. The van der Waals surface area contributed by atoms with Crippen LogP contribution in [0.15, 0.2) is 0 Å². The molecule has 0 heterocycles. The molecule has 0 rings (SSSR count). The highest BCUT2D eigenvalue weighted by atomic mass is 36.1. The van der Waals surface area contributed by atoms with E-state index in [1.165, 1.54) is 0 Å². The van der Waals surface area contributed by atoms with Crippen LogP contribution in [0, 0.1) is 0 Å². The van der Waals surface area contributed by atoms with Crippen molar-refractivity contribution in [1.82, 2.24) is 0 Å². The van der Waals surface area contributed by atoms with Gasteiger partial charge in [0, 0.05) is 6.54 Å². The maximum atomic E-state index is 9.51. The van der Waals surface area contributed by atoms with E-state index in [1.54, 1.807) is 0 Å². The maximum absolute atomic E-state index is 9.51. The van der Waals surface area contributed by atoms with Crippen LogP contribution >= 0.6 is 77.8 Å². The zero-order valence-electron chi connectivity index (χ0n) is 6.42. The summed E-state index contributed by atoms with van der Waals surface area (Å²) in [6, 6.07) is 0. The van der Waals surface area contributed by atoms with Gasteiger partial charge in [-0.05, 0) is 67.4 Å². The van der Waals surface area contributed by atoms with Crippen molar-refractivity contribution in [1.29, 1.82) is 0 Å². The first kappa shape index (κ1) is 21.4. The molecule has 0 radical (unpaired) electrons. The molecule has 0 aliphatic heterocycles. The van der Waals surface area contributed by atoms with E-state index < -0.39 is 10.4 Å². The van der Waals surface area contributed by atoms with Crippen LogP contribution in [0.2, 0.25) is 0 Å². The minimum absolute atomic E-state index is 0.0972. The monoisotopic (exact) mass is 365 g/mol. The molecule has 90 valence electrons. The second-order valence-corrected chi connectivity index (χ2v) is 14.6. The van der Waals surface area contributed by atoms with Gasteiger partial charge in [0.25, 0.3) is 0 Å². The Labute approximate surface area is 110 Å². The van der Waals surface area contributed by atoms with Crippen molar-refractivity contribution in [2.45, 2.75) is 0 Å². The van der Waals surface area contributed by atoms with Gasteiger partial charge in [0.05, 0.1) is 6.61 Å². The zero-order valence-corrected chi connectivity index (χ0v) is 12.7. The number of aliphatic hydroxyl groups excluding tert-OH is 1. The lowest BCUT2D eigenvalue weighted by Crippen LogP contribution is -2.02. The first-order valence-corrected chi connectivity index (χ1v) is 11.4. The van der Waals surface area contributed by atoms with Crippen molar-refractivity contribution in [2.24, 2.45) is 5.73 Å². The number of hydrogen-bond acceptors (Lipinski definition) is 4. The van der Waals surface area contributed by atoms with Crippen LogP contribution in [0.1, 0.15) is 0 Å². The van der Waals surface area contributed by atoms with Crippen LogP contribution < -0.4 is 5.73 Å². The van der Waals surface area contributed by atoms with Gasteiger partial charge in [-0.1, -0.05) is 0 Å². The molecular formula is C2H7Cl6NO3P2. The van der Waals surface area contributed by atoms with Gasteiger partial charge < -0.3 is 10.8 Å². The summed E-state index contributed by atoms with van der Waals surface area (Å²) < 4.78 is 19.0. The number of rotatable bonds is 1. The predicted octanol–water partition coefficient (Wildman–Crippen LogP) is 4.56. The number of halogens is 6. The van der Waals surface area contributed by atoms with E-state index >= 15 is 0 Å². The average Bonchev–Trinajstić information content (AvgIpc) is 1.79. The number of hydrogen-bond donors (Lipinski definition) is 2. The van der Waals surface area contributed by atoms with Crippen LogP contribution in [0.5, 0.6) is 0 Å². The Hall–Kier alpha value is 2.12. The standard InChI is InChI=1S/C2H7NO.2Cl3OP/c3-1-2-4;2*1-5(2,3)4/h4H,1-3H2;;. The lowest BCUT2D eigenvalue weighted by Gasteiger charge is -1.74. The molecule has 0 amide bonds. The molecule has 0 saturated heterocycles. The molecule has 0 aromatic carbocycles. The third kappa shape index (κ3) is 250. The van der Waals surface area contributed by atoms with Crippen LogP contribution in [0.25, 0.3) is 0 Å². The summed E-state index contributed by atoms with van der Waals surface area (Å²) in [6.45, 7) is 0.472. The van der Waals surface area contributed by atoms with Crippen LogP contribution in [0.3, 0.4) is 0 Å². The van der Waals surface area contributed by atoms with E-state index in [9.17, 15) is 9.13 Å². The van der Waals surface area contributed by atoms with Crippen molar-refractivity contribution >= 4 is 77.8 Å². The van der Waals surface area contributed by atoms with Gasteiger partial charge in [-0.25, -0.2) is 0 Å². The van der Waals surface area contributed by atoms with Crippen LogP contribution in [-0.2, 0) is 9.13 Å². The molecule has 0 aliphatic rings. The molecule has 4 nitrogen and oxygen atoms in total. The Kier molecular flexibility index (Phi) is 17.7. The summed E-state index contributed by atoms with van der Waals surface area (Å²) in [6.07, 6.45) is 0. The Morgan fingerprint density at radius 3 is 1.00 bits per heavy atom. The topological polar surface area (TPSA) is 80.4 Å². The van der Waals surface area contributed by atoms with Crippen LogP contribution in [-0.4, -0.2) is 18.3 Å². The van der Waals surface area contributed by atoms with Gasteiger partial charge in [0.15, 0.2) is 0 Å². The molecular weight excluding hydrogens is 361 g/mol. The second-order valence-electron chi connectivity index (χ2n) is 1.31. The third-order valence-corrected chi connectivity index (χ3v) is 0.129. The highest BCUT2D eigenvalue weighted by Gasteiger charge is 2.03. The first-order chi connectivity index (χ1) is 5.91. The molecule has 0 bridgehead atoms. The summed E-state index contributed by atoms with van der Waals surface area (Å²) in [5.41, 5.74) is 4.78. The van der Waals surface area contributed by atoms with Crippen molar-refractivity contribution in [3.05, 3.63) is 0 Å². The summed E-state index contributed by atoms with van der Waals surface area (Å²) >= 11 is 27.7. The Morgan fingerprint density at radius 1 is 0.929 bits per heavy atom. The Balaban J connectivity index is -0.000000131. The fourth-order valence-electron chi connectivity index (χ4n) is 0. The molecule has 12 heteroatoms.